The van der Waals surface area contributed by atoms with Crippen LogP contribution < -0.4 is 10.6 Å². The van der Waals surface area contributed by atoms with Gasteiger partial charge in [-0.1, -0.05) is 6.92 Å². The van der Waals surface area contributed by atoms with Gasteiger partial charge in [-0.25, -0.2) is 0 Å². The minimum atomic E-state index is -0.0338. The largest absolute Gasteiger partial charge is 0.350 e. The van der Waals surface area contributed by atoms with Crippen LogP contribution in [-0.4, -0.2) is 59.9 Å². The average Bonchev–Trinajstić information content (AvgIpc) is 3.12. The first-order chi connectivity index (χ1) is 11.8. The summed E-state index contributed by atoms with van der Waals surface area (Å²) in [5.41, 5.74) is 0.545. The normalized spacial score (nSPS) is 23.3. The van der Waals surface area contributed by atoms with Gasteiger partial charge in [0.05, 0.1) is 6.04 Å². The Bertz CT molecular complexity index is 515. The predicted octanol–water partition coefficient (Wildman–Crippen LogP) is 1.66. The van der Waals surface area contributed by atoms with Gasteiger partial charge in [0.25, 0.3) is 5.91 Å². The van der Waals surface area contributed by atoms with Crippen LogP contribution in [0.15, 0.2) is 12.3 Å². The van der Waals surface area contributed by atoms with Gasteiger partial charge in [-0.05, 0) is 70.3 Å². The summed E-state index contributed by atoms with van der Waals surface area (Å²) in [6.07, 6.45) is 7.83. The molecule has 0 spiro atoms. The van der Waals surface area contributed by atoms with Crippen molar-refractivity contribution in [2.24, 2.45) is 5.92 Å². The molecule has 0 bridgehead atoms. The highest BCUT2D eigenvalue weighted by Gasteiger charge is 2.21. The number of carbonyl (C=O) groups excluding carboxylic acids is 1. The topological polar surface area (TPSA) is 62.2 Å². The van der Waals surface area contributed by atoms with Crippen molar-refractivity contribution in [2.45, 2.75) is 45.1 Å². The Balaban J connectivity index is 1.43. The zero-order valence-corrected chi connectivity index (χ0v) is 14.8. The molecule has 0 saturated carbocycles. The second-order valence-electron chi connectivity index (χ2n) is 7.18. The second kappa shape index (κ2) is 8.62. The van der Waals surface area contributed by atoms with Crippen LogP contribution >= 0.6 is 0 Å². The molecule has 0 radical (unpaired) electrons. The zero-order valence-electron chi connectivity index (χ0n) is 14.8. The summed E-state index contributed by atoms with van der Waals surface area (Å²) in [5.74, 6) is 0.570. The smallest absolute Gasteiger partial charge is 0.271 e. The first-order valence-corrected chi connectivity index (χ1v) is 9.52. The van der Waals surface area contributed by atoms with Crippen molar-refractivity contribution in [2.75, 3.05) is 39.3 Å². The van der Waals surface area contributed by atoms with Crippen LogP contribution in [0.2, 0.25) is 0 Å². The number of aromatic nitrogens is 2. The number of likely N-dealkylation sites (tertiary alicyclic amines) is 1. The number of nitrogens with zero attached hydrogens (tertiary/aromatic N) is 3. The Morgan fingerprint density at radius 2 is 2.21 bits per heavy atom. The van der Waals surface area contributed by atoms with Crippen molar-refractivity contribution >= 4 is 5.91 Å². The van der Waals surface area contributed by atoms with Crippen LogP contribution in [0.5, 0.6) is 0 Å². The number of hydrogen-bond donors (Lipinski definition) is 2. The third-order valence-corrected chi connectivity index (χ3v) is 5.28. The summed E-state index contributed by atoms with van der Waals surface area (Å²) in [7, 11) is 0. The molecule has 134 valence electrons. The van der Waals surface area contributed by atoms with Crippen LogP contribution in [0.4, 0.5) is 0 Å². The molecule has 3 rings (SSSR count). The van der Waals surface area contributed by atoms with Gasteiger partial charge in [0.1, 0.15) is 5.69 Å². The van der Waals surface area contributed by atoms with Crippen molar-refractivity contribution in [1.29, 1.82) is 0 Å². The van der Waals surface area contributed by atoms with E-state index in [1.165, 1.54) is 32.2 Å². The number of rotatable bonds is 6. The van der Waals surface area contributed by atoms with E-state index >= 15 is 0 Å². The van der Waals surface area contributed by atoms with Crippen LogP contribution in [0, 0.1) is 5.92 Å². The quantitative estimate of drug-likeness (QED) is 0.831. The van der Waals surface area contributed by atoms with Gasteiger partial charge >= 0.3 is 0 Å². The first-order valence-electron chi connectivity index (χ1n) is 9.52. The minimum Gasteiger partial charge on any atom is -0.350 e. The molecule has 0 aliphatic carbocycles. The van der Waals surface area contributed by atoms with E-state index < -0.39 is 0 Å². The fourth-order valence-electron chi connectivity index (χ4n) is 3.78. The molecule has 2 saturated heterocycles. The monoisotopic (exact) mass is 333 g/mol. The first kappa shape index (κ1) is 17.4. The fourth-order valence-corrected chi connectivity index (χ4v) is 3.78. The maximum Gasteiger partial charge on any atom is 0.271 e. The Hall–Kier alpha value is -1.40. The average molecular weight is 333 g/mol. The molecule has 24 heavy (non-hydrogen) atoms. The van der Waals surface area contributed by atoms with Crippen molar-refractivity contribution in [1.82, 2.24) is 25.3 Å². The molecule has 2 aliphatic heterocycles. The van der Waals surface area contributed by atoms with Crippen LogP contribution in [0.25, 0.3) is 0 Å². The van der Waals surface area contributed by atoms with E-state index in [0.29, 0.717) is 17.7 Å². The summed E-state index contributed by atoms with van der Waals surface area (Å²) < 4.78 is 1.95. The standard InChI is InChI=1S/C18H31N5O/c1-2-9-22-10-5-15(6-11-22)13-20-18(24)17-7-12-23(21-17)16-4-3-8-19-14-16/h7,12,15-16,19H,2-6,8-11,13-14H2,1H3,(H,20,24). The van der Waals surface area contributed by atoms with Crippen LogP contribution in [-0.2, 0) is 0 Å². The lowest BCUT2D eigenvalue weighted by atomic mass is 9.96. The number of nitrogens with one attached hydrogen (secondary N) is 2. The highest BCUT2D eigenvalue weighted by atomic mass is 16.1. The van der Waals surface area contributed by atoms with Crippen molar-refractivity contribution in [3.05, 3.63) is 18.0 Å². The lowest BCUT2D eigenvalue weighted by Crippen LogP contribution is -2.39. The van der Waals surface area contributed by atoms with Gasteiger partial charge in [-0.15, -0.1) is 0 Å². The van der Waals surface area contributed by atoms with Gasteiger partial charge in [-0.2, -0.15) is 5.10 Å². The molecule has 1 aromatic rings. The molecule has 6 nitrogen and oxygen atoms in total. The molecular formula is C18H31N5O. The van der Waals surface area contributed by atoms with Gasteiger partial charge < -0.3 is 15.5 Å². The Morgan fingerprint density at radius 3 is 2.92 bits per heavy atom. The molecule has 2 N–H and O–H groups in total. The van der Waals surface area contributed by atoms with Gasteiger partial charge in [-0.3, -0.25) is 9.48 Å². The third kappa shape index (κ3) is 4.57. The summed E-state index contributed by atoms with van der Waals surface area (Å²) in [5, 5.41) is 11.0. The molecule has 1 atom stereocenters. The molecule has 1 aromatic heterocycles. The summed E-state index contributed by atoms with van der Waals surface area (Å²) in [6, 6.07) is 2.22. The van der Waals surface area contributed by atoms with E-state index in [1.807, 2.05) is 16.9 Å². The molecule has 2 fully saturated rings. The third-order valence-electron chi connectivity index (χ3n) is 5.28. The van der Waals surface area contributed by atoms with Crippen molar-refractivity contribution in [3.63, 3.8) is 0 Å². The van der Waals surface area contributed by atoms with E-state index in [0.717, 1.165) is 39.1 Å². The molecule has 3 heterocycles. The van der Waals surface area contributed by atoms with Crippen LogP contribution in [0.1, 0.15) is 55.6 Å². The van der Waals surface area contributed by atoms with E-state index in [4.69, 9.17) is 0 Å². The highest BCUT2D eigenvalue weighted by molar-refractivity contribution is 5.92. The van der Waals surface area contributed by atoms with Crippen LogP contribution in [0.3, 0.4) is 0 Å². The molecular weight excluding hydrogens is 302 g/mol. The maximum absolute atomic E-state index is 12.3. The minimum absolute atomic E-state index is 0.0338. The Morgan fingerprint density at radius 1 is 1.38 bits per heavy atom. The summed E-state index contributed by atoms with van der Waals surface area (Å²) >= 11 is 0. The molecule has 2 aliphatic rings. The molecule has 1 amide bonds. The lowest BCUT2D eigenvalue weighted by molar-refractivity contribution is 0.0930. The number of carbonyl (C=O) groups is 1. The van der Waals surface area contributed by atoms with Crippen molar-refractivity contribution in [3.8, 4) is 0 Å². The lowest BCUT2D eigenvalue weighted by Gasteiger charge is -2.31. The fraction of sp³-hybridized carbons (Fsp3) is 0.778. The van der Waals surface area contributed by atoms with Gasteiger partial charge in [0, 0.05) is 19.3 Å². The van der Waals surface area contributed by atoms with E-state index in [-0.39, 0.29) is 5.91 Å². The molecule has 6 heteroatoms. The second-order valence-corrected chi connectivity index (χ2v) is 7.18. The molecule has 0 aromatic carbocycles. The highest BCUT2D eigenvalue weighted by Crippen LogP contribution is 2.17. The summed E-state index contributed by atoms with van der Waals surface area (Å²) in [6.45, 7) is 8.56. The molecule has 1 unspecified atom stereocenters. The van der Waals surface area contributed by atoms with Gasteiger partial charge in [0.15, 0.2) is 0 Å². The zero-order chi connectivity index (χ0) is 16.8. The van der Waals surface area contributed by atoms with Crippen molar-refractivity contribution < 1.29 is 4.79 Å². The Kier molecular flexibility index (Phi) is 6.26. The number of amides is 1. The van der Waals surface area contributed by atoms with E-state index in [1.54, 1.807) is 0 Å². The SMILES string of the molecule is CCCN1CCC(CNC(=O)c2ccn(C3CCCNC3)n2)CC1. The van der Waals surface area contributed by atoms with E-state index in [9.17, 15) is 4.79 Å². The predicted molar refractivity (Wildman–Crippen MR) is 95.2 cm³/mol. The summed E-state index contributed by atoms with van der Waals surface area (Å²) in [4.78, 5) is 14.9. The van der Waals surface area contributed by atoms with E-state index in [2.05, 4.69) is 27.6 Å². The van der Waals surface area contributed by atoms with Gasteiger partial charge in [0.2, 0.25) is 0 Å². The maximum atomic E-state index is 12.3. The Labute approximate surface area is 145 Å². The number of hydrogen-bond acceptors (Lipinski definition) is 4. The number of piperidine rings is 2.